The minimum Gasteiger partial charge on any atom is -0.375 e. The van der Waals surface area contributed by atoms with Crippen LogP contribution in [0.4, 0.5) is 11.4 Å². The molecule has 2 fully saturated rings. The van der Waals surface area contributed by atoms with Gasteiger partial charge < -0.3 is 24.8 Å². The van der Waals surface area contributed by atoms with Crippen molar-refractivity contribution >= 4 is 34.6 Å². The Kier molecular flexibility index (Phi) is 7.31. The van der Waals surface area contributed by atoms with Gasteiger partial charge >= 0.3 is 0 Å². The molecule has 1 aliphatic carbocycles. The molecule has 194 valence electrons. The number of nitrogens with zero attached hydrogens (tertiary/aromatic N) is 3. The zero-order valence-corrected chi connectivity index (χ0v) is 22.8. The Morgan fingerprint density at radius 2 is 1.95 bits per heavy atom. The molecule has 7 nitrogen and oxygen atoms in total. The predicted octanol–water partition coefficient (Wildman–Crippen LogP) is 5.69. The molecule has 1 aromatic carbocycles. The molecular formula is C29H35N5O2S. The zero-order chi connectivity index (χ0) is 26.1. The molecule has 0 radical (unpaired) electrons. The van der Waals surface area contributed by atoms with Crippen LogP contribution in [0.25, 0.3) is 0 Å². The molecule has 1 amide bonds. The number of ether oxygens (including phenoxy) is 1. The van der Waals surface area contributed by atoms with Gasteiger partial charge in [0.05, 0.1) is 17.8 Å². The highest BCUT2D eigenvalue weighted by molar-refractivity contribution is 7.80. The number of rotatable bonds is 7. The van der Waals surface area contributed by atoms with E-state index in [1.165, 1.54) is 49.7 Å². The first-order chi connectivity index (χ1) is 17.9. The van der Waals surface area contributed by atoms with Crippen LogP contribution < -0.4 is 15.5 Å². The van der Waals surface area contributed by atoms with Gasteiger partial charge in [0, 0.05) is 42.1 Å². The van der Waals surface area contributed by atoms with Gasteiger partial charge in [-0.1, -0.05) is 18.9 Å². The van der Waals surface area contributed by atoms with E-state index in [0.717, 1.165) is 22.6 Å². The highest BCUT2D eigenvalue weighted by Gasteiger charge is 2.42. The Labute approximate surface area is 224 Å². The monoisotopic (exact) mass is 517 g/mol. The summed E-state index contributed by atoms with van der Waals surface area (Å²) in [4.78, 5) is 19.0. The zero-order valence-electron chi connectivity index (χ0n) is 22.0. The topological polar surface area (TPSA) is 71.4 Å². The molecule has 3 aromatic rings. The SMILES string of the molecule is COCC(=O)Nc1ccc(N2C(=S)N[C@@H](c3ccccn3)[C@H]2c2cc(C)n(C3CCCC3)c2C)cc1C. The van der Waals surface area contributed by atoms with Crippen LogP contribution in [-0.2, 0) is 9.53 Å². The number of benzene rings is 1. The van der Waals surface area contributed by atoms with Crippen LogP contribution in [0.2, 0.25) is 0 Å². The largest absolute Gasteiger partial charge is 0.375 e. The summed E-state index contributed by atoms with van der Waals surface area (Å²) in [7, 11) is 1.51. The van der Waals surface area contributed by atoms with Crippen LogP contribution in [0.3, 0.4) is 0 Å². The lowest BCUT2D eigenvalue weighted by molar-refractivity contribution is -0.119. The van der Waals surface area contributed by atoms with E-state index in [1.807, 2.05) is 37.4 Å². The minimum atomic E-state index is -0.177. The lowest BCUT2D eigenvalue weighted by atomic mass is 9.96. The number of nitrogens with one attached hydrogen (secondary N) is 2. The predicted molar refractivity (Wildman–Crippen MR) is 151 cm³/mol. The second kappa shape index (κ2) is 10.6. The fourth-order valence-corrected chi connectivity index (χ4v) is 6.38. The Bertz CT molecular complexity index is 1300. The first kappa shape index (κ1) is 25.4. The molecule has 37 heavy (non-hydrogen) atoms. The van der Waals surface area contributed by atoms with Crippen LogP contribution in [0.1, 0.15) is 72.0 Å². The molecule has 2 N–H and O–H groups in total. The van der Waals surface area contributed by atoms with Crippen molar-refractivity contribution in [1.82, 2.24) is 14.9 Å². The lowest BCUT2D eigenvalue weighted by Gasteiger charge is -2.29. The van der Waals surface area contributed by atoms with Crippen molar-refractivity contribution in [1.29, 1.82) is 0 Å². The van der Waals surface area contributed by atoms with Crippen molar-refractivity contribution in [2.75, 3.05) is 23.9 Å². The van der Waals surface area contributed by atoms with Gasteiger partial charge in [-0.25, -0.2) is 0 Å². The summed E-state index contributed by atoms with van der Waals surface area (Å²) in [6.45, 7) is 6.48. The van der Waals surface area contributed by atoms with Gasteiger partial charge in [-0.05, 0) is 93.4 Å². The van der Waals surface area contributed by atoms with E-state index in [-0.39, 0.29) is 24.6 Å². The number of anilines is 2. The van der Waals surface area contributed by atoms with Gasteiger partial charge in [-0.3, -0.25) is 9.78 Å². The number of aromatic nitrogens is 2. The van der Waals surface area contributed by atoms with E-state index in [1.54, 1.807) is 0 Å². The standard InChI is InChI=1S/C29H35N5O2S/c1-18-15-22(12-13-24(18)31-26(35)17-36-4)34-28(27(32-29(34)37)25-11-7-8-14-30-25)23-16-19(2)33(20(23)3)21-9-5-6-10-21/h7-8,11-16,21,27-28H,5-6,9-10,17H2,1-4H3,(H,31,35)(H,32,37)/t27-,28+/m0/s1. The van der Waals surface area contributed by atoms with Gasteiger partial charge in [-0.2, -0.15) is 0 Å². The van der Waals surface area contributed by atoms with Gasteiger partial charge in [0.2, 0.25) is 5.91 Å². The summed E-state index contributed by atoms with van der Waals surface area (Å²) in [6, 6.07) is 14.8. The van der Waals surface area contributed by atoms with E-state index in [0.29, 0.717) is 11.2 Å². The number of hydrogen-bond acceptors (Lipinski definition) is 4. The van der Waals surface area contributed by atoms with Crippen LogP contribution in [0, 0.1) is 20.8 Å². The summed E-state index contributed by atoms with van der Waals surface area (Å²) >= 11 is 5.94. The van der Waals surface area contributed by atoms with Crippen LogP contribution in [-0.4, -0.2) is 34.3 Å². The molecule has 0 bridgehead atoms. The second-order valence-electron chi connectivity index (χ2n) is 10.1. The number of methoxy groups -OCH3 is 1. The van der Waals surface area contributed by atoms with Gasteiger partial charge in [0.25, 0.3) is 0 Å². The normalized spacial score (nSPS) is 19.9. The van der Waals surface area contributed by atoms with Crippen molar-refractivity contribution in [3.63, 3.8) is 0 Å². The molecule has 2 aromatic heterocycles. The smallest absolute Gasteiger partial charge is 0.250 e. The number of amides is 1. The molecule has 2 atom stereocenters. The van der Waals surface area contributed by atoms with E-state index in [2.05, 4.69) is 52.1 Å². The van der Waals surface area contributed by atoms with Crippen molar-refractivity contribution < 1.29 is 9.53 Å². The van der Waals surface area contributed by atoms with E-state index in [4.69, 9.17) is 21.9 Å². The summed E-state index contributed by atoms with van der Waals surface area (Å²) in [5, 5.41) is 7.17. The quantitative estimate of drug-likeness (QED) is 0.393. The molecule has 2 aliphatic rings. The Morgan fingerprint density at radius 1 is 1.16 bits per heavy atom. The first-order valence-electron chi connectivity index (χ1n) is 13.0. The first-order valence-corrected chi connectivity index (χ1v) is 13.4. The molecule has 0 unspecified atom stereocenters. The Balaban J connectivity index is 1.57. The number of thiocarbonyl (C=S) groups is 1. The van der Waals surface area contributed by atoms with E-state index < -0.39 is 0 Å². The maximum Gasteiger partial charge on any atom is 0.250 e. The van der Waals surface area contributed by atoms with Crippen molar-refractivity contribution in [2.24, 2.45) is 0 Å². The molecular weight excluding hydrogens is 482 g/mol. The Hall–Kier alpha value is -3.23. The molecule has 5 rings (SSSR count). The summed E-state index contributed by atoms with van der Waals surface area (Å²) in [6.07, 6.45) is 6.89. The highest BCUT2D eigenvalue weighted by Crippen LogP contribution is 2.45. The van der Waals surface area contributed by atoms with Gasteiger partial charge in [0.15, 0.2) is 5.11 Å². The van der Waals surface area contributed by atoms with Gasteiger partial charge in [0.1, 0.15) is 6.61 Å². The summed E-state index contributed by atoms with van der Waals surface area (Å²) < 4.78 is 7.50. The third-order valence-electron chi connectivity index (χ3n) is 7.67. The molecule has 8 heteroatoms. The number of pyridine rings is 1. The summed E-state index contributed by atoms with van der Waals surface area (Å²) in [5.74, 6) is -0.177. The molecule has 1 saturated heterocycles. The lowest BCUT2D eigenvalue weighted by Crippen LogP contribution is -2.29. The molecule has 0 spiro atoms. The van der Waals surface area contributed by atoms with Crippen LogP contribution in [0.15, 0.2) is 48.7 Å². The van der Waals surface area contributed by atoms with Crippen molar-refractivity contribution in [2.45, 2.75) is 64.6 Å². The second-order valence-corrected chi connectivity index (χ2v) is 10.5. The highest BCUT2D eigenvalue weighted by atomic mass is 32.1. The average molecular weight is 518 g/mol. The van der Waals surface area contributed by atoms with E-state index in [9.17, 15) is 4.79 Å². The number of carbonyl (C=O) groups excluding carboxylic acids is 1. The van der Waals surface area contributed by atoms with Gasteiger partial charge in [-0.15, -0.1) is 0 Å². The third-order valence-corrected chi connectivity index (χ3v) is 7.98. The van der Waals surface area contributed by atoms with Crippen molar-refractivity contribution in [3.8, 4) is 0 Å². The van der Waals surface area contributed by atoms with Crippen LogP contribution >= 0.6 is 12.2 Å². The molecule has 1 aliphatic heterocycles. The molecule has 3 heterocycles. The Morgan fingerprint density at radius 3 is 2.62 bits per heavy atom. The minimum absolute atomic E-state index is 0.0196. The maximum atomic E-state index is 12.1. The average Bonchev–Trinajstić information content (AvgIpc) is 3.59. The van der Waals surface area contributed by atoms with E-state index >= 15 is 0 Å². The molecule has 1 saturated carbocycles. The maximum absolute atomic E-state index is 12.1. The third kappa shape index (κ3) is 4.88. The number of hydrogen-bond donors (Lipinski definition) is 2. The van der Waals surface area contributed by atoms with Crippen LogP contribution in [0.5, 0.6) is 0 Å². The fourth-order valence-electron chi connectivity index (χ4n) is 6.03. The fraction of sp³-hybridized carbons (Fsp3) is 0.414. The number of aryl methyl sites for hydroxylation is 2. The summed E-state index contributed by atoms with van der Waals surface area (Å²) in [5.41, 5.74) is 7.53. The van der Waals surface area contributed by atoms with Crippen molar-refractivity contribution in [3.05, 3.63) is 76.9 Å². The number of carbonyl (C=O) groups is 1.